The van der Waals surface area contributed by atoms with Crippen molar-refractivity contribution in [3.8, 4) is 0 Å². The molecule has 0 radical (unpaired) electrons. The number of hydrogen-bond donors (Lipinski definition) is 2. The first kappa shape index (κ1) is 32.5. The number of ether oxygens (including phenoxy) is 1. The van der Waals surface area contributed by atoms with Crippen molar-refractivity contribution in [1.82, 2.24) is 0 Å². The SMILES string of the molecule is CC(=C/C(C)C/C=C/C(C)=C/[C@@H](C)C(=O)[C@@H](C)[C@H](O)[C@@H](C)C/C(C)=C/CO)/C=C/[C@@H]1OC(=O)C=C[C@@H]1C. The summed E-state index contributed by atoms with van der Waals surface area (Å²) >= 11 is 0. The van der Waals surface area contributed by atoms with Gasteiger partial charge in [0.05, 0.1) is 12.7 Å². The Kier molecular flexibility index (Phi) is 14.4. The van der Waals surface area contributed by atoms with E-state index >= 15 is 0 Å². The lowest BCUT2D eigenvalue weighted by molar-refractivity contribution is -0.143. The Bertz CT molecular complexity index is 933. The van der Waals surface area contributed by atoms with Crippen molar-refractivity contribution in [3.63, 3.8) is 0 Å². The fourth-order valence-corrected chi connectivity index (χ4v) is 4.60. The number of ketones is 1. The summed E-state index contributed by atoms with van der Waals surface area (Å²) in [5, 5.41) is 19.7. The normalized spacial score (nSPS) is 23.7. The van der Waals surface area contributed by atoms with Gasteiger partial charge in [-0.25, -0.2) is 4.79 Å². The van der Waals surface area contributed by atoms with E-state index in [1.54, 1.807) is 13.0 Å². The van der Waals surface area contributed by atoms with Crippen LogP contribution in [0.4, 0.5) is 0 Å². The van der Waals surface area contributed by atoms with Gasteiger partial charge in [0.2, 0.25) is 0 Å². The lowest BCUT2D eigenvalue weighted by Gasteiger charge is -2.25. The van der Waals surface area contributed by atoms with Gasteiger partial charge in [0.15, 0.2) is 0 Å². The van der Waals surface area contributed by atoms with E-state index in [2.05, 4.69) is 19.1 Å². The minimum Gasteiger partial charge on any atom is -0.454 e. The molecule has 1 aliphatic rings. The molecule has 206 valence electrons. The Morgan fingerprint density at radius 1 is 1.08 bits per heavy atom. The number of allylic oxidation sites excluding steroid dienone is 8. The van der Waals surface area contributed by atoms with Gasteiger partial charge in [-0.2, -0.15) is 0 Å². The van der Waals surface area contributed by atoms with Crippen LogP contribution in [0.15, 0.2) is 71.4 Å². The van der Waals surface area contributed by atoms with Gasteiger partial charge in [-0.1, -0.05) is 93.9 Å². The van der Waals surface area contributed by atoms with Gasteiger partial charge >= 0.3 is 5.97 Å². The van der Waals surface area contributed by atoms with Gasteiger partial charge in [-0.15, -0.1) is 0 Å². The van der Waals surface area contributed by atoms with Crippen molar-refractivity contribution in [2.24, 2.45) is 29.6 Å². The average Bonchev–Trinajstić information content (AvgIpc) is 2.83. The minimum absolute atomic E-state index is 0.0140. The van der Waals surface area contributed by atoms with Crippen LogP contribution in [0.5, 0.6) is 0 Å². The Labute approximate surface area is 224 Å². The summed E-state index contributed by atoms with van der Waals surface area (Å²) in [4.78, 5) is 24.4. The zero-order valence-electron chi connectivity index (χ0n) is 24.0. The summed E-state index contributed by atoms with van der Waals surface area (Å²) in [6, 6.07) is 0. The fourth-order valence-electron chi connectivity index (χ4n) is 4.60. The van der Waals surface area contributed by atoms with Crippen molar-refractivity contribution in [2.45, 2.75) is 80.4 Å². The van der Waals surface area contributed by atoms with Gasteiger partial charge in [0.25, 0.3) is 0 Å². The molecule has 1 heterocycles. The highest BCUT2D eigenvalue weighted by atomic mass is 16.5. The van der Waals surface area contributed by atoms with E-state index in [-0.39, 0.29) is 42.2 Å². The van der Waals surface area contributed by atoms with Crippen LogP contribution in [0.1, 0.15) is 68.2 Å². The number of esters is 1. The van der Waals surface area contributed by atoms with Gasteiger partial charge in [0, 0.05) is 23.8 Å². The second-order valence-corrected chi connectivity index (χ2v) is 10.8. The maximum Gasteiger partial charge on any atom is 0.331 e. The molecule has 5 nitrogen and oxygen atoms in total. The third-order valence-corrected chi connectivity index (χ3v) is 6.88. The number of aliphatic hydroxyl groups excluding tert-OH is 2. The van der Waals surface area contributed by atoms with Gasteiger partial charge < -0.3 is 14.9 Å². The quantitative estimate of drug-likeness (QED) is 0.162. The molecule has 37 heavy (non-hydrogen) atoms. The fraction of sp³-hybridized carbons (Fsp3) is 0.562. The van der Waals surface area contributed by atoms with Crippen LogP contribution in [0.25, 0.3) is 0 Å². The smallest absolute Gasteiger partial charge is 0.331 e. The molecule has 1 unspecified atom stereocenters. The molecule has 5 heteroatoms. The second-order valence-electron chi connectivity index (χ2n) is 10.8. The van der Waals surface area contributed by atoms with E-state index in [9.17, 15) is 14.7 Å². The molecule has 1 aliphatic heterocycles. The Balaban J connectivity index is 2.62. The molecule has 0 amide bonds. The van der Waals surface area contributed by atoms with Crippen LogP contribution >= 0.6 is 0 Å². The first-order chi connectivity index (χ1) is 17.3. The van der Waals surface area contributed by atoms with E-state index in [1.165, 1.54) is 6.08 Å². The van der Waals surface area contributed by atoms with Crippen LogP contribution in [0.2, 0.25) is 0 Å². The standard InChI is InChI=1S/C32H48O5/c1-21(18-23(3)12-14-29-25(5)13-15-30(34)37-29)10-9-11-22(2)19-26(6)31(35)28(8)32(36)27(7)20-24(4)16-17-33/h9,11-16,18-19,21,25-29,32-33,36H,10,17,20H2,1-8H3/b11-9+,14-12+,22-19+,23-18-,24-16+/t21?,25-,26+,27-,28+,29-,32+/m0/s1. The summed E-state index contributed by atoms with van der Waals surface area (Å²) in [6.07, 6.45) is 17.9. The zero-order chi connectivity index (χ0) is 28.1. The number of hydrogen-bond acceptors (Lipinski definition) is 5. The summed E-state index contributed by atoms with van der Waals surface area (Å²) in [7, 11) is 0. The van der Waals surface area contributed by atoms with E-state index in [0.29, 0.717) is 12.3 Å². The summed E-state index contributed by atoms with van der Waals surface area (Å²) in [6.45, 7) is 15.7. The number of carbonyl (C=O) groups excluding carboxylic acids is 2. The highest BCUT2D eigenvalue weighted by Crippen LogP contribution is 2.24. The van der Waals surface area contributed by atoms with Crippen LogP contribution in [0.3, 0.4) is 0 Å². The number of rotatable bonds is 14. The molecule has 0 saturated heterocycles. The molecule has 7 atom stereocenters. The highest BCUT2D eigenvalue weighted by molar-refractivity contribution is 5.85. The molecule has 1 rings (SSSR count). The predicted octanol–water partition coefficient (Wildman–Crippen LogP) is 6.30. The Hall–Kier alpha value is -2.50. The third-order valence-electron chi connectivity index (χ3n) is 6.88. The van der Waals surface area contributed by atoms with Crippen molar-refractivity contribution >= 4 is 11.8 Å². The van der Waals surface area contributed by atoms with Gasteiger partial charge in [-0.3, -0.25) is 4.79 Å². The first-order valence-electron chi connectivity index (χ1n) is 13.4. The molecule has 0 aromatic heterocycles. The van der Waals surface area contributed by atoms with Crippen LogP contribution in [-0.4, -0.2) is 40.8 Å². The lowest BCUT2D eigenvalue weighted by atomic mass is 9.83. The molecule has 0 aromatic carbocycles. The zero-order valence-corrected chi connectivity index (χ0v) is 24.0. The molecule has 0 aliphatic carbocycles. The average molecular weight is 513 g/mol. The maximum absolute atomic E-state index is 12.9. The van der Waals surface area contributed by atoms with Crippen LogP contribution in [-0.2, 0) is 14.3 Å². The lowest BCUT2D eigenvalue weighted by Crippen LogP contribution is -2.34. The largest absolute Gasteiger partial charge is 0.454 e. The van der Waals surface area contributed by atoms with Crippen LogP contribution in [0, 0.1) is 29.6 Å². The monoisotopic (exact) mass is 512 g/mol. The van der Waals surface area contributed by atoms with E-state index in [1.807, 2.05) is 71.9 Å². The van der Waals surface area contributed by atoms with E-state index < -0.39 is 12.0 Å². The Morgan fingerprint density at radius 2 is 1.73 bits per heavy atom. The van der Waals surface area contributed by atoms with Crippen molar-refractivity contribution in [3.05, 3.63) is 71.4 Å². The maximum atomic E-state index is 12.9. The molecular weight excluding hydrogens is 464 g/mol. The third kappa shape index (κ3) is 12.1. The number of Topliss-reactive ketones (excluding diaryl/α,β-unsaturated/α-hetero) is 1. The number of carbonyl (C=O) groups is 2. The topological polar surface area (TPSA) is 83.8 Å². The Morgan fingerprint density at radius 3 is 2.38 bits per heavy atom. The molecule has 2 N–H and O–H groups in total. The number of aliphatic hydroxyl groups is 2. The van der Waals surface area contributed by atoms with Gasteiger partial charge in [0.1, 0.15) is 11.9 Å². The highest BCUT2D eigenvalue weighted by Gasteiger charge is 2.29. The molecule has 0 fully saturated rings. The van der Waals surface area contributed by atoms with Crippen LogP contribution < -0.4 is 0 Å². The molecular formula is C32H48O5. The summed E-state index contributed by atoms with van der Waals surface area (Å²) in [5.74, 6) is -0.580. The molecule has 0 spiro atoms. The predicted molar refractivity (Wildman–Crippen MR) is 152 cm³/mol. The van der Waals surface area contributed by atoms with Gasteiger partial charge in [-0.05, 0) is 51.5 Å². The number of cyclic esters (lactones) is 1. The first-order valence-corrected chi connectivity index (χ1v) is 13.4. The molecule has 0 saturated carbocycles. The van der Waals surface area contributed by atoms with Crippen molar-refractivity contribution in [1.29, 1.82) is 0 Å². The van der Waals surface area contributed by atoms with E-state index in [4.69, 9.17) is 9.84 Å². The molecule has 0 bridgehead atoms. The van der Waals surface area contributed by atoms with Crippen molar-refractivity contribution in [2.75, 3.05) is 6.61 Å². The summed E-state index contributed by atoms with van der Waals surface area (Å²) in [5.41, 5.74) is 3.15. The van der Waals surface area contributed by atoms with E-state index in [0.717, 1.165) is 23.1 Å². The van der Waals surface area contributed by atoms with Crippen molar-refractivity contribution < 1.29 is 24.5 Å². The summed E-state index contributed by atoms with van der Waals surface area (Å²) < 4.78 is 5.35. The second kappa shape index (κ2) is 16.4. The minimum atomic E-state index is -0.726. The molecule has 0 aromatic rings.